The van der Waals surface area contributed by atoms with Gasteiger partial charge in [0.05, 0.1) is 35.7 Å². The lowest BCUT2D eigenvalue weighted by atomic mass is 10.2. The number of carbonyl (C=O) groups is 1. The lowest BCUT2D eigenvalue weighted by Gasteiger charge is -2.15. The molecule has 3 aromatic rings. The lowest BCUT2D eigenvalue weighted by Crippen LogP contribution is -2.13. The second kappa shape index (κ2) is 7.21. The zero-order valence-corrected chi connectivity index (χ0v) is 16.0. The fourth-order valence-electron chi connectivity index (χ4n) is 2.16. The lowest BCUT2D eigenvalue weighted by molar-refractivity contribution is 0.102. The summed E-state index contributed by atoms with van der Waals surface area (Å²) in [5.41, 5.74) is 0.965. The smallest absolute Gasteiger partial charge is 0.258 e. The van der Waals surface area contributed by atoms with Crippen LogP contribution in [0.2, 0.25) is 15.2 Å². The van der Waals surface area contributed by atoms with Crippen LogP contribution in [0.25, 0.3) is 10.2 Å². The number of anilines is 1. The van der Waals surface area contributed by atoms with Crippen LogP contribution in [0.1, 0.15) is 10.4 Å². The Bertz CT molecular complexity index is 949. The molecule has 0 unspecified atom stereocenters. The van der Waals surface area contributed by atoms with Crippen LogP contribution in [0.5, 0.6) is 11.5 Å². The van der Waals surface area contributed by atoms with Crippen molar-refractivity contribution in [2.24, 2.45) is 0 Å². The van der Waals surface area contributed by atoms with Gasteiger partial charge < -0.3 is 14.8 Å². The van der Waals surface area contributed by atoms with Gasteiger partial charge in [-0.05, 0) is 0 Å². The number of ether oxygens (including phenoxy) is 2. The van der Waals surface area contributed by atoms with Gasteiger partial charge in [0.2, 0.25) is 0 Å². The van der Waals surface area contributed by atoms with Gasteiger partial charge >= 0.3 is 0 Å². The summed E-state index contributed by atoms with van der Waals surface area (Å²) in [4.78, 5) is 20.7. The third kappa shape index (κ3) is 3.20. The van der Waals surface area contributed by atoms with Gasteiger partial charge in [-0.1, -0.05) is 34.8 Å². The monoisotopic (exact) mass is 417 g/mol. The van der Waals surface area contributed by atoms with E-state index in [1.807, 2.05) is 0 Å². The van der Waals surface area contributed by atoms with Gasteiger partial charge in [-0.15, -0.1) is 11.3 Å². The molecule has 0 radical (unpaired) electrons. The summed E-state index contributed by atoms with van der Waals surface area (Å²) in [7, 11) is 2.90. The first-order valence-electron chi connectivity index (χ1n) is 6.77. The minimum Gasteiger partial charge on any atom is -0.495 e. The van der Waals surface area contributed by atoms with Gasteiger partial charge in [-0.25, -0.2) is 9.97 Å². The Morgan fingerprint density at radius 2 is 1.76 bits per heavy atom. The van der Waals surface area contributed by atoms with Crippen molar-refractivity contribution in [3.05, 3.63) is 38.5 Å². The molecule has 0 bridgehead atoms. The average molecular weight is 419 g/mol. The van der Waals surface area contributed by atoms with E-state index < -0.39 is 5.91 Å². The van der Waals surface area contributed by atoms with Crippen LogP contribution in [-0.2, 0) is 0 Å². The summed E-state index contributed by atoms with van der Waals surface area (Å²) in [6, 6.07) is 1.54. The van der Waals surface area contributed by atoms with Crippen molar-refractivity contribution in [3.63, 3.8) is 0 Å². The predicted octanol–water partition coefficient (Wildman–Crippen LogP) is 4.92. The van der Waals surface area contributed by atoms with Crippen LogP contribution in [0.4, 0.5) is 5.69 Å². The maximum Gasteiger partial charge on any atom is 0.258 e. The molecule has 0 spiro atoms. The molecule has 130 valence electrons. The highest BCUT2D eigenvalue weighted by Crippen LogP contribution is 2.44. The van der Waals surface area contributed by atoms with E-state index in [0.717, 1.165) is 0 Å². The van der Waals surface area contributed by atoms with Crippen LogP contribution in [0.3, 0.4) is 0 Å². The summed E-state index contributed by atoms with van der Waals surface area (Å²) in [6.07, 6.45) is 1.29. The van der Waals surface area contributed by atoms with E-state index in [1.54, 1.807) is 5.38 Å². The number of nitrogens with one attached hydrogen (secondary N) is 1. The van der Waals surface area contributed by atoms with E-state index in [1.165, 1.54) is 38.0 Å². The molecule has 0 saturated carbocycles. The van der Waals surface area contributed by atoms with Crippen LogP contribution in [0, 0.1) is 0 Å². The highest BCUT2D eigenvalue weighted by Gasteiger charge is 2.22. The number of rotatable bonds is 4. The molecule has 0 saturated heterocycles. The number of fused-ring (bicyclic) bond motifs is 1. The van der Waals surface area contributed by atoms with E-state index in [4.69, 9.17) is 44.3 Å². The summed E-state index contributed by atoms with van der Waals surface area (Å²) in [5, 5.41) is 4.93. The average Bonchev–Trinajstić information content (AvgIpc) is 3.04. The molecule has 0 fully saturated rings. The Kier molecular flexibility index (Phi) is 5.19. The number of methoxy groups -OCH3 is 2. The molecule has 1 aromatic carbocycles. The Balaban J connectivity index is 2.04. The number of amides is 1. The van der Waals surface area contributed by atoms with E-state index in [-0.39, 0.29) is 20.9 Å². The third-order valence-electron chi connectivity index (χ3n) is 3.37. The molecule has 25 heavy (non-hydrogen) atoms. The molecular weight excluding hydrogens is 409 g/mol. The van der Waals surface area contributed by atoms with Crippen LogP contribution in [0.15, 0.2) is 17.8 Å². The van der Waals surface area contributed by atoms with Crippen molar-refractivity contribution in [2.45, 2.75) is 0 Å². The standard InChI is InChI=1S/C15H10Cl3N3O3S/c1-23-7-3-8(24-2)10(17)12(9(7)16)21-15(22)6-4-25-13-11(6)19-5-20-14(13)18/h3-5H,1-2H3,(H,21,22). The maximum absolute atomic E-state index is 12.7. The first kappa shape index (κ1) is 18.0. The number of halogens is 3. The molecule has 3 rings (SSSR count). The summed E-state index contributed by atoms with van der Waals surface area (Å²) in [5.74, 6) is 0.192. The van der Waals surface area contributed by atoms with Crippen molar-refractivity contribution in [2.75, 3.05) is 19.5 Å². The Morgan fingerprint density at radius 1 is 1.12 bits per heavy atom. The van der Waals surface area contributed by atoms with Gasteiger partial charge in [0.15, 0.2) is 0 Å². The van der Waals surface area contributed by atoms with E-state index in [2.05, 4.69) is 15.3 Å². The molecule has 2 heterocycles. The zero-order valence-electron chi connectivity index (χ0n) is 12.9. The summed E-state index contributed by atoms with van der Waals surface area (Å²) < 4.78 is 11.0. The molecule has 0 atom stereocenters. The van der Waals surface area contributed by atoms with Crippen LogP contribution < -0.4 is 14.8 Å². The normalized spacial score (nSPS) is 10.8. The summed E-state index contributed by atoms with van der Waals surface area (Å²) in [6.45, 7) is 0. The Labute approximate surface area is 161 Å². The number of nitrogens with zero attached hydrogens (tertiary/aromatic N) is 2. The summed E-state index contributed by atoms with van der Waals surface area (Å²) >= 11 is 19.8. The maximum atomic E-state index is 12.7. The first-order chi connectivity index (χ1) is 12.0. The molecule has 0 aliphatic heterocycles. The van der Waals surface area contributed by atoms with E-state index >= 15 is 0 Å². The number of hydrogen-bond acceptors (Lipinski definition) is 6. The second-order valence-electron chi connectivity index (χ2n) is 4.73. The number of carbonyl (C=O) groups excluding carboxylic acids is 1. The fraction of sp³-hybridized carbons (Fsp3) is 0.133. The number of hydrogen-bond donors (Lipinski definition) is 1. The van der Waals surface area contributed by atoms with Gasteiger partial charge in [0.1, 0.15) is 33.0 Å². The Morgan fingerprint density at radius 3 is 2.36 bits per heavy atom. The minimum atomic E-state index is -0.444. The van der Waals surface area contributed by atoms with Gasteiger partial charge in [0, 0.05) is 11.4 Å². The zero-order chi connectivity index (χ0) is 18.1. The number of aromatic nitrogens is 2. The van der Waals surface area contributed by atoms with Gasteiger partial charge in [-0.3, -0.25) is 4.79 Å². The van der Waals surface area contributed by atoms with E-state index in [9.17, 15) is 4.79 Å². The van der Waals surface area contributed by atoms with Crippen molar-refractivity contribution in [1.82, 2.24) is 9.97 Å². The molecule has 2 aromatic heterocycles. The molecule has 1 N–H and O–H groups in total. The van der Waals surface area contributed by atoms with E-state index in [0.29, 0.717) is 27.3 Å². The van der Waals surface area contributed by atoms with Crippen LogP contribution >= 0.6 is 46.1 Å². The van der Waals surface area contributed by atoms with Gasteiger partial charge in [0.25, 0.3) is 5.91 Å². The van der Waals surface area contributed by atoms with Crippen LogP contribution in [-0.4, -0.2) is 30.1 Å². The fourth-order valence-corrected chi connectivity index (χ4v) is 3.90. The largest absolute Gasteiger partial charge is 0.495 e. The highest BCUT2D eigenvalue weighted by molar-refractivity contribution is 7.18. The topological polar surface area (TPSA) is 73.3 Å². The predicted molar refractivity (Wildman–Crippen MR) is 99.9 cm³/mol. The molecule has 10 heteroatoms. The van der Waals surface area contributed by atoms with Crippen molar-refractivity contribution >= 4 is 68.0 Å². The number of thiophene rings is 1. The highest BCUT2D eigenvalue weighted by atomic mass is 35.5. The first-order valence-corrected chi connectivity index (χ1v) is 8.78. The molecule has 6 nitrogen and oxygen atoms in total. The van der Waals surface area contributed by atoms with Gasteiger partial charge in [-0.2, -0.15) is 0 Å². The Hall–Kier alpha value is -1.80. The molecule has 0 aliphatic rings. The van der Waals surface area contributed by atoms with Crippen molar-refractivity contribution in [1.29, 1.82) is 0 Å². The van der Waals surface area contributed by atoms with Crippen molar-refractivity contribution in [3.8, 4) is 11.5 Å². The quantitative estimate of drug-likeness (QED) is 0.609. The number of benzene rings is 1. The molecular formula is C15H10Cl3N3O3S. The second-order valence-corrected chi connectivity index (χ2v) is 6.72. The molecule has 1 amide bonds. The SMILES string of the molecule is COc1cc(OC)c(Cl)c(NC(=O)c2csc3c(Cl)ncnc23)c1Cl. The van der Waals surface area contributed by atoms with Crippen molar-refractivity contribution < 1.29 is 14.3 Å². The minimum absolute atomic E-state index is 0.161. The third-order valence-corrected chi connectivity index (χ3v) is 5.49. The molecule has 0 aliphatic carbocycles.